The van der Waals surface area contributed by atoms with Gasteiger partial charge in [0.25, 0.3) is 0 Å². The molecule has 0 bridgehead atoms. The van der Waals surface area contributed by atoms with Gasteiger partial charge in [0.1, 0.15) is 0 Å². The highest BCUT2D eigenvalue weighted by Crippen LogP contribution is 2.25. The highest BCUT2D eigenvalue weighted by Gasteiger charge is 2.10. The van der Waals surface area contributed by atoms with Crippen molar-refractivity contribution in [1.82, 2.24) is 15.0 Å². The van der Waals surface area contributed by atoms with Crippen molar-refractivity contribution >= 4 is 11.4 Å². The second kappa shape index (κ2) is 9.66. The van der Waals surface area contributed by atoms with Gasteiger partial charge in [-0.15, -0.1) is 0 Å². The van der Waals surface area contributed by atoms with E-state index >= 15 is 0 Å². The SMILES string of the molecule is c1ccc(C(=NNc2cc(-c3ccccn3)nc(-c3ccccn3)c2)c2ccccc2)cc1. The summed E-state index contributed by atoms with van der Waals surface area (Å²) in [5.74, 6) is 0. The van der Waals surface area contributed by atoms with Gasteiger partial charge in [-0.25, -0.2) is 4.98 Å². The summed E-state index contributed by atoms with van der Waals surface area (Å²) in [7, 11) is 0. The van der Waals surface area contributed by atoms with Crippen molar-refractivity contribution in [3.05, 3.63) is 133 Å². The zero-order chi connectivity index (χ0) is 22.3. The van der Waals surface area contributed by atoms with Crippen LogP contribution in [0.15, 0.2) is 127 Å². The molecule has 0 aliphatic rings. The van der Waals surface area contributed by atoms with Gasteiger partial charge in [0.05, 0.1) is 34.2 Å². The summed E-state index contributed by atoms with van der Waals surface area (Å²) < 4.78 is 0. The molecule has 5 nitrogen and oxygen atoms in total. The van der Waals surface area contributed by atoms with Crippen LogP contribution in [0.4, 0.5) is 5.69 Å². The third-order valence-electron chi connectivity index (χ3n) is 5.07. The Morgan fingerprint density at radius 3 is 1.48 bits per heavy atom. The van der Waals surface area contributed by atoms with Gasteiger partial charge in [-0.3, -0.25) is 15.4 Å². The molecule has 33 heavy (non-hydrogen) atoms. The summed E-state index contributed by atoms with van der Waals surface area (Å²) in [6, 6.07) is 35.7. The maximum Gasteiger partial charge on any atom is 0.0977 e. The molecule has 0 saturated carbocycles. The summed E-state index contributed by atoms with van der Waals surface area (Å²) in [6.07, 6.45) is 3.53. The summed E-state index contributed by atoms with van der Waals surface area (Å²) >= 11 is 0. The fraction of sp³-hybridized carbons (Fsp3) is 0. The molecule has 0 aliphatic carbocycles. The summed E-state index contributed by atoms with van der Waals surface area (Å²) in [5.41, 5.74) is 10.0. The second-order valence-electron chi connectivity index (χ2n) is 7.36. The average Bonchev–Trinajstić information content (AvgIpc) is 2.91. The van der Waals surface area contributed by atoms with E-state index in [9.17, 15) is 0 Å². The Morgan fingerprint density at radius 2 is 1.03 bits per heavy atom. The number of aromatic nitrogens is 3. The number of hydrogen-bond acceptors (Lipinski definition) is 5. The molecule has 0 unspecified atom stereocenters. The highest BCUT2D eigenvalue weighted by molar-refractivity contribution is 6.13. The molecule has 0 atom stereocenters. The summed E-state index contributed by atoms with van der Waals surface area (Å²) in [5, 5.41) is 4.80. The molecule has 1 N–H and O–H groups in total. The summed E-state index contributed by atoms with van der Waals surface area (Å²) in [4.78, 5) is 13.7. The molecule has 0 fully saturated rings. The van der Waals surface area contributed by atoms with Crippen LogP contribution in [0.1, 0.15) is 11.1 Å². The first-order chi connectivity index (χ1) is 16.4. The van der Waals surface area contributed by atoms with Crippen molar-refractivity contribution in [3.63, 3.8) is 0 Å². The lowest BCUT2D eigenvalue weighted by Crippen LogP contribution is -2.06. The van der Waals surface area contributed by atoms with Crippen molar-refractivity contribution in [2.75, 3.05) is 5.43 Å². The third-order valence-corrected chi connectivity index (χ3v) is 5.07. The maximum absolute atomic E-state index is 4.80. The summed E-state index contributed by atoms with van der Waals surface area (Å²) in [6.45, 7) is 0. The minimum absolute atomic E-state index is 0.748. The van der Waals surface area contributed by atoms with E-state index in [2.05, 4.69) is 39.7 Å². The Bertz CT molecular complexity index is 1250. The second-order valence-corrected chi connectivity index (χ2v) is 7.36. The number of anilines is 1. The molecule has 3 aromatic heterocycles. The molecule has 0 amide bonds. The normalized spacial score (nSPS) is 10.4. The van der Waals surface area contributed by atoms with E-state index in [4.69, 9.17) is 10.1 Å². The van der Waals surface area contributed by atoms with Crippen LogP contribution >= 0.6 is 0 Å². The topological polar surface area (TPSA) is 63.1 Å². The van der Waals surface area contributed by atoms with Crippen LogP contribution in [0.5, 0.6) is 0 Å². The van der Waals surface area contributed by atoms with Gasteiger partial charge in [0.15, 0.2) is 0 Å². The van der Waals surface area contributed by atoms with Crippen LogP contribution < -0.4 is 5.43 Å². The molecule has 0 saturated heterocycles. The molecule has 5 heteroatoms. The fourth-order valence-electron chi connectivity index (χ4n) is 3.49. The first-order valence-electron chi connectivity index (χ1n) is 10.7. The van der Waals surface area contributed by atoms with Crippen molar-refractivity contribution in [1.29, 1.82) is 0 Å². The van der Waals surface area contributed by atoms with Gasteiger partial charge >= 0.3 is 0 Å². The zero-order valence-corrected chi connectivity index (χ0v) is 17.8. The van der Waals surface area contributed by atoms with Gasteiger partial charge in [-0.2, -0.15) is 5.10 Å². The van der Waals surface area contributed by atoms with E-state index in [0.717, 1.165) is 45.3 Å². The molecule has 5 rings (SSSR count). The highest BCUT2D eigenvalue weighted by atomic mass is 15.3. The minimum Gasteiger partial charge on any atom is -0.278 e. The predicted octanol–water partition coefficient (Wildman–Crippen LogP) is 6.07. The zero-order valence-electron chi connectivity index (χ0n) is 17.8. The first-order valence-corrected chi connectivity index (χ1v) is 10.7. The van der Waals surface area contributed by atoms with E-state index in [1.54, 1.807) is 12.4 Å². The number of hydrazone groups is 1. The first kappa shape index (κ1) is 20.3. The largest absolute Gasteiger partial charge is 0.278 e. The maximum atomic E-state index is 4.80. The number of pyridine rings is 3. The lowest BCUT2D eigenvalue weighted by atomic mass is 10.0. The van der Waals surface area contributed by atoms with E-state index in [1.807, 2.05) is 84.9 Å². The van der Waals surface area contributed by atoms with E-state index in [1.165, 1.54) is 0 Å². The molecule has 158 valence electrons. The van der Waals surface area contributed by atoms with E-state index in [0.29, 0.717) is 0 Å². The fourth-order valence-corrected chi connectivity index (χ4v) is 3.49. The van der Waals surface area contributed by atoms with Crippen molar-refractivity contribution in [2.24, 2.45) is 5.10 Å². The molecule has 0 aliphatic heterocycles. The monoisotopic (exact) mass is 427 g/mol. The van der Waals surface area contributed by atoms with Gasteiger partial charge in [0, 0.05) is 23.5 Å². The molecule has 5 aromatic rings. The van der Waals surface area contributed by atoms with Gasteiger partial charge < -0.3 is 0 Å². The Hall–Kier alpha value is -4.64. The standard InChI is InChI=1S/C28H21N5/c1-3-11-21(12-4-1)28(22-13-5-2-6-14-22)33-32-23-19-26(24-15-7-9-17-29-24)31-27(20-23)25-16-8-10-18-30-25/h1-20H,(H,31,32). The molecule has 3 heterocycles. The van der Waals surface area contributed by atoms with Gasteiger partial charge in [0.2, 0.25) is 0 Å². The Morgan fingerprint density at radius 1 is 0.545 bits per heavy atom. The van der Waals surface area contributed by atoms with Crippen LogP contribution in [0.2, 0.25) is 0 Å². The van der Waals surface area contributed by atoms with Crippen LogP contribution in [0, 0.1) is 0 Å². The molecular weight excluding hydrogens is 406 g/mol. The molecule has 0 radical (unpaired) electrons. The lowest BCUT2D eigenvalue weighted by molar-refractivity contribution is 1.21. The molecule has 2 aromatic carbocycles. The number of hydrogen-bond donors (Lipinski definition) is 1. The van der Waals surface area contributed by atoms with Gasteiger partial charge in [-0.1, -0.05) is 72.8 Å². The third kappa shape index (κ3) is 4.83. The van der Waals surface area contributed by atoms with Crippen molar-refractivity contribution < 1.29 is 0 Å². The Balaban J connectivity index is 1.58. The minimum atomic E-state index is 0.748. The Labute approximate surface area is 192 Å². The quantitative estimate of drug-likeness (QED) is 0.264. The van der Waals surface area contributed by atoms with Crippen LogP contribution in [0.3, 0.4) is 0 Å². The number of nitrogens with one attached hydrogen (secondary N) is 1. The number of rotatable bonds is 6. The average molecular weight is 428 g/mol. The van der Waals surface area contributed by atoms with Crippen LogP contribution in [0.25, 0.3) is 22.8 Å². The van der Waals surface area contributed by atoms with Crippen LogP contribution in [-0.4, -0.2) is 20.7 Å². The molecule has 0 spiro atoms. The number of nitrogens with zero attached hydrogens (tertiary/aromatic N) is 4. The number of benzene rings is 2. The van der Waals surface area contributed by atoms with E-state index in [-0.39, 0.29) is 0 Å². The predicted molar refractivity (Wildman–Crippen MR) is 133 cm³/mol. The van der Waals surface area contributed by atoms with Gasteiger partial charge in [-0.05, 0) is 36.4 Å². The van der Waals surface area contributed by atoms with Crippen LogP contribution in [-0.2, 0) is 0 Å². The Kier molecular flexibility index (Phi) is 5.94. The van der Waals surface area contributed by atoms with Crippen molar-refractivity contribution in [2.45, 2.75) is 0 Å². The van der Waals surface area contributed by atoms with E-state index < -0.39 is 0 Å². The van der Waals surface area contributed by atoms with Crippen molar-refractivity contribution in [3.8, 4) is 22.8 Å². The lowest BCUT2D eigenvalue weighted by Gasteiger charge is -2.11. The molecular formula is C28H21N5. The smallest absolute Gasteiger partial charge is 0.0977 e.